The number of fused-ring (bicyclic) bond motifs is 1. The minimum atomic E-state index is -4.63. The number of amides is 1. The Kier molecular flexibility index (Phi) is 5.12. The van der Waals surface area contributed by atoms with E-state index in [1.807, 2.05) is 0 Å². The number of pyridine rings is 1. The third kappa shape index (κ3) is 3.83. The van der Waals surface area contributed by atoms with E-state index in [1.54, 1.807) is 11.8 Å². The van der Waals surface area contributed by atoms with Crippen LogP contribution in [0.3, 0.4) is 0 Å². The summed E-state index contributed by atoms with van der Waals surface area (Å²) in [6.45, 7) is 1.53. The van der Waals surface area contributed by atoms with Gasteiger partial charge in [0.1, 0.15) is 12.5 Å². The molecule has 1 amide bonds. The summed E-state index contributed by atoms with van der Waals surface area (Å²) in [6.07, 6.45) is -4.63. The van der Waals surface area contributed by atoms with E-state index in [1.165, 1.54) is 41.3 Å². The SMILES string of the molecule is Cc1[nH]c(=O)ccc1N1CN(c2ccc(F)cc2Br)c2ccc(C(F)(F)F)cc2C1=O. The van der Waals surface area contributed by atoms with Gasteiger partial charge in [0.2, 0.25) is 5.56 Å². The van der Waals surface area contributed by atoms with Crippen molar-refractivity contribution in [3.05, 3.63) is 86.0 Å². The van der Waals surface area contributed by atoms with E-state index in [-0.39, 0.29) is 23.5 Å². The lowest BCUT2D eigenvalue weighted by Gasteiger charge is -2.39. The molecule has 2 aromatic carbocycles. The highest BCUT2D eigenvalue weighted by Crippen LogP contribution is 2.41. The number of aromatic amines is 1. The summed E-state index contributed by atoms with van der Waals surface area (Å²) in [6, 6.07) is 9.50. The number of anilines is 3. The van der Waals surface area contributed by atoms with E-state index in [4.69, 9.17) is 0 Å². The second-order valence-electron chi connectivity index (χ2n) is 6.96. The van der Waals surface area contributed by atoms with Crippen LogP contribution in [0.1, 0.15) is 21.6 Å². The lowest BCUT2D eigenvalue weighted by atomic mass is 10.0. The molecule has 0 bridgehead atoms. The molecule has 2 heterocycles. The van der Waals surface area contributed by atoms with Crippen LogP contribution in [0.2, 0.25) is 0 Å². The second kappa shape index (κ2) is 7.52. The van der Waals surface area contributed by atoms with Crippen LogP contribution in [-0.4, -0.2) is 17.6 Å². The van der Waals surface area contributed by atoms with Crippen LogP contribution in [-0.2, 0) is 6.18 Å². The first-order valence-corrected chi connectivity index (χ1v) is 9.81. The monoisotopic (exact) mass is 495 g/mol. The van der Waals surface area contributed by atoms with Gasteiger partial charge in [-0.3, -0.25) is 14.5 Å². The van der Waals surface area contributed by atoms with Gasteiger partial charge in [0.15, 0.2) is 0 Å². The second-order valence-corrected chi connectivity index (χ2v) is 7.82. The first kappa shape index (κ1) is 21.1. The Morgan fingerprint density at radius 1 is 0.935 bits per heavy atom. The smallest absolute Gasteiger partial charge is 0.324 e. The van der Waals surface area contributed by atoms with Gasteiger partial charge >= 0.3 is 6.18 Å². The van der Waals surface area contributed by atoms with Gasteiger partial charge in [0.05, 0.1) is 28.2 Å². The molecule has 5 nitrogen and oxygen atoms in total. The van der Waals surface area contributed by atoms with Gasteiger partial charge < -0.3 is 9.88 Å². The molecule has 0 unspecified atom stereocenters. The van der Waals surface area contributed by atoms with Gasteiger partial charge in [-0.05, 0) is 65.3 Å². The quantitative estimate of drug-likeness (QED) is 0.487. The number of H-pyrrole nitrogens is 1. The highest BCUT2D eigenvalue weighted by Gasteiger charge is 2.37. The largest absolute Gasteiger partial charge is 0.416 e. The third-order valence-electron chi connectivity index (χ3n) is 4.95. The third-order valence-corrected chi connectivity index (χ3v) is 5.59. The van der Waals surface area contributed by atoms with Crippen molar-refractivity contribution in [2.24, 2.45) is 0 Å². The van der Waals surface area contributed by atoms with E-state index in [0.717, 1.165) is 12.1 Å². The van der Waals surface area contributed by atoms with Crippen molar-refractivity contribution < 1.29 is 22.4 Å². The highest BCUT2D eigenvalue weighted by atomic mass is 79.9. The van der Waals surface area contributed by atoms with Crippen LogP contribution >= 0.6 is 15.9 Å². The van der Waals surface area contributed by atoms with Crippen LogP contribution < -0.4 is 15.4 Å². The zero-order valence-corrected chi connectivity index (χ0v) is 17.5. The molecule has 1 aromatic heterocycles. The standard InChI is InChI=1S/C21H14BrF4N3O2/c1-11-16(6-7-19(30)27-11)29-10-28(18-5-3-13(23)9-15(18)22)17-4-2-12(21(24,25)26)8-14(17)20(29)31/h2-9H,10H2,1H3,(H,27,30). The number of aryl methyl sites for hydroxylation is 1. The number of hydrogen-bond acceptors (Lipinski definition) is 3. The van der Waals surface area contributed by atoms with Crippen molar-refractivity contribution in [3.63, 3.8) is 0 Å². The molecule has 4 rings (SSSR count). The van der Waals surface area contributed by atoms with Crippen molar-refractivity contribution in [1.82, 2.24) is 4.98 Å². The van der Waals surface area contributed by atoms with Gasteiger partial charge in [-0.25, -0.2) is 4.39 Å². The molecule has 160 valence electrons. The van der Waals surface area contributed by atoms with Crippen molar-refractivity contribution in [3.8, 4) is 0 Å². The fourth-order valence-corrected chi connectivity index (χ4v) is 4.07. The Morgan fingerprint density at radius 2 is 1.61 bits per heavy atom. The minimum Gasteiger partial charge on any atom is -0.324 e. The number of carbonyl (C=O) groups excluding carboxylic acids is 1. The number of carbonyl (C=O) groups is 1. The zero-order valence-electron chi connectivity index (χ0n) is 15.9. The number of hydrogen-bond donors (Lipinski definition) is 1. The van der Waals surface area contributed by atoms with E-state index in [9.17, 15) is 27.2 Å². The van der Waals surface area contributed by atoms with E-state index < -0.39 is 23.5 Å². The fourth-order valence-electron chi connectivity index (χ4n) is 3.50. The van der Waals surface area contributed by atoms with Crippen LogP contribution in [0.25, 0.3) is 0 Å². The van der Waals surface area contributed by atoms with Crippen molar-refractivity contribution in [2.45, 2.75) is 13.1 Å². The molecular weight excluding hydrogens is 482 g/mol. The number of rotatable bonds is 2. The molecule has 0 saturated heterocycles. The Bertz CT molecular complexity index is 1260. The number of aromatic nitrogens is 1. The molecule has 3 aromatic rings. The molecule has 0 radical (unpaired) electrons. The number of nitrogens with one attached hydrogen (secondary N) is 1. The average molecular weight is 496 g/mol. The van der Waals surface area contributed by atoms with E-state index in [0.29, 0.717) is 21.5 Å². The molecule has 10 heteroatoms. The minimum absolute atomic E-state index is 0.0612. The van der Waals surface area contributed by atoms with Crippen molar-refractivity contribution >= 4 is 38.9 Å². The molecular formula is C21H14BrF4N3O2. The summed E-state index contributed by atoms with van der Waals surface area (Å²) in [4.78, 5) is 30.3. The number of halogens is 5. The van der Waals surface area contributed by atoms with E-state index in [2.05, 4.69) is 20.9 Å². The first-order valence-electron chi connectivity index (χ1n) is 9.02. The van der Waals surface area contributed by atoms with Crippen molar-refractivity contribution in [1.29, 1.82) is 0 Å². The Labute approximate surface area is 182 Å². The number of alkyl halides is 3. The van der Waals surface area contributed by atoms with Gasteiger partial charge in [-0.1, -0.05) is 0 Å². The molecule has 1 aliphatic heterocycles. The number of benzene rings is 2. The molecule has 0 atom stereocenters. The predicted molar refractivity (Wildman–Crippen MR) is 111 cm³/mol. The lowest BCUT2D eigenvalue weighted by molar-refractivity contribution is -0.137. The van der Waals surface area contributed by atoms with Gasteiger partial charge in [0.25, 0.3) is 5.91 Å². The Morgan fingerprint density at radius 3 is 2.26 bits per heavy atom. The fraction of sp³-hybridized carbons (Fsp3) is 0.143. The Hall–Kier alpha value is -3.14. The average Bonchev–Trinajstić information content (AvgIpc) is 2.68. The summed E-state index contributed by atoms with van der Waals surface area (Å²) < 4.78 is 53.9. The predicted octanol–water partition coefficient (Wildman–Crippen LogP) is 5.36. The normalized spacial score (nSPS) is 14.1. The van der Waals surface area contributed by atoms with Gasteiger partial charge in [-0.15, -0.1) is 0 Å². The van der Waals surface area contributed by atoms with Crippen LogP contribution in [0.5, 0.6) is 0 Å². The molecule has 1 N–H and O–H groups in total. The molecule has 1 aliphatic rings. The van der Waals surface area contributed by atoms with Crippen LogP contribution in [0, 0.1) is 12.7 Å². The zero-order chi connectivity index (χ0) is 22.5. The molecule has 0 spiro atoms. The van der Waals surface area contributed by atoms with Gasteiger partial charge in [-0.2, -0.15) is 13.2 Å². The molecule has 0 fully saturated rings. The summed E-state index contributed by atoms with van der Waals surface area (Å²) >= 11 is 3.28. The maximum atomic E-state index is 13.6. The topological polar surface area (TPSA) is 56.4 Å². The van der Waals surface area contributed by atoms with Crippen LogP contribution in [0.4, 0.5) is 34.6 Å². The maximum absolute atomic E-state index is 13.6. The maximum Gasteiger partial charge on any atom is 0.416 e. The summed E-state index contributed by atoms with van der Waals surface area (Å²) in [5.41, 5.74) is -0.0554. The molecule has 31 heavy (non-hydrogen) atoms. The van der Waals surface area contributed by atoms with Crippen LogP contribution in [0.15, 0.2) is 57.8 Å². The van der Waals surface area contributed by atoms with E-state index >= 15 is 0 Å². The molecule has 0 aliphatic carbocycles. The highest BCUT2D eigenvalue weighted by molar-refractivity contribution is 9.10. The number of nitrogens with zero attached hydrogens (tertiary/aromatic N) is 2. The Balaban J connectivity index is 1.93. The van der Waals surface area contributed by atoms with Gasteiger partial charge in [0, 0.05) is 16.2 Å². The summed E-state index contributed by atoms with van der Waals surface area (Å²) in [5, 5.41) is 0. The summed E-state index contributed by atoms with van der Waals surface area (Å²) in [7, 11) is 0. The lowest BCUT2D eigenvalue weighted by Crippen LogP contribution is -2.45. The first-order chi connectivity index (χ1) is 14.6. The molecule has 0 saturated carbocycles. The van der Waals surface area contributed by atoms with Crippen molar-refractivity contribution in [2.75, 3.05) is 16.5 Å². The summed E-state index contributed by atoms with van der Waals surface area (Å²) in [5.74, 6) is -1.14.